The lowest BCUT2D eigenvalue weighted by Crippen LogP contribution is -2.16. The van der Waals surface area contributed by atoms with E-state index in [1.54, 1.807) is 24.3 Å². The second-order valence-electron chi connectivity index (χ2n) is 6.04. The van der Waals surface area contributed by atoms with Crippen molar-refractivity contribution in [3.63, 3.8) is 0 Å². The average Bonchev–Trinajstić information content (AvgIpc) is 3.17. The van der Waals surface area contributed by atoms with E-state index >= 15 is 0 Å². The predicted molar refractivity (Wildman–Crippen MR) is 120 cm³/mol. The highest BCUT2D eigenvalue weighted by atomic mass is 35.5. The molecule has 0 aliphatic heterocycles. The molecule has 0 fully saturated rings. The maximum atomic E-state index is 12.4. The highest BCUT2D eigenvalue weighted by Gasteiger charge is 2.14. The van der Waals surface area contributed by atoms with E-state index in [0.29, 0.717) is 39.0 Å². The third-order valence-corrected chi connectivity index (χ3v) is 5.34. The van der Waals surface area contributed by atoms with Gasteiger partial charge in [0.2, 0.25) is 0 Å². The lowest BCUT2D eigenvalue weighted by atomic mass is 10.2. The van der Waals surface area contributed by atoms with Gasteiger partial charge in [0.1, 0.15) is 6.61 Å². The largest absolute Gasteiger partial charge is 0.490 e. The predicted octanol–water partition coefficient (Wildman–Crippen LogP) is 4.64. The van der Waals surface area contributed by atoms with Gasteiger partial charge in [-0.25, -0.2) is 5.43 Å². The first kappa shape index (κ1) is 22.1. The Balaban J connectivity index is 1.75. The number of hydrazone groups is 1. The summed E-state index contributed by atoms with van der Waals surface area (Å²) in [7, 11) is 0. The molecule has 158 valence electrons. The van der Waals surface area contributed by atoms with Crippen LogP contribution in [-0.4, -0.2) is 30.3 Å². The molecule has 0 saturated carbocycles. The number of fused-ring (bicyclic) bond motifs is 1. The van der Waals surface area contributed by atoms with Crippen LogP contribution in [0.2, 0.25) is 5.02 Å². The summed E-state index contributed by atoms with van der Waals surface area (Å²) in [5.74, 6) is 2.67. The molecule has 2 aromatic carbocycles. The number of hydrogen-bond acceptors (Lipinski definition) is 7. The molecular weight excluding hydrogens is 442 g/mol. The number of ether oxygens (including phenoxy) is 2. The van der Waals surface area contributed by atoms with Crippen molar-refractivity contribution in [2.45, 2.75) is 6.92 Å². The third kappa shape index (κ3) is 5.31. The molecule has 3 rings (SSSR count). The Kier molecular flexibility index (Phi) is 7.07. The summed E-state index contributed by atoms with van der Waals surface area (Å²) < 4.78 is 11.7. The molecule has 0 unspecified atom stereocenters. The summed E-state index contributed by atoms with van der Waals surface area (Å²) in [6.07, 6.45) is 6.63. The van der Waals surface area contributed by atoms with Crippen molar-refractivity contribution >= 4 is 50.8 Å². The maximum Gasteiger partial charge on any atom is 0.281 e. The lowest BCUT2D eigenvalue weighted by molar-refractivity contribution is -0.384. The summed E-state index contributed by atoms with van der Waals surface area (Å²) in [5, 5.41) is 15.8. The fourth-order valence-electron chi connectivity index (χ4n) is 2.66. The first-order chi connectivity index (χ1) is 14.9. The number of rotatable bonds is 8. The molecule has 0 spiro atoms. The Hall–Kier alpha value is -3.61. The minimum atomic E-state index is -0.481. The van der Waals surface area contributed by atoms with Gasteiger partial charge in [0.05, 0.1) is 27.6 Å². The van der Waals surface area contributed by atoms with Crippen molar-refractivity contribution in [2.75, 3.05) is 13.2 Å². The molecule has 0 saturated heterocycles. The van der Waals surface area contributed by atoms with Crippen molar-refractivity contribution < 1.29 is 19.2 Å². The topological polar surface area (TPSA) is 103 Å². The smallest absolute Gasteiger partial charge is 0.281 e. The SMILES string of the molecule is C#CCOc1c(Cl)cc(C=NNC(=O)c2cc3cc([N+](=O)[O-])ccc3s2)cc1OCC. The number of benzene rings is 2. The van der Waals surface area contributed by atoms with E-state index in [9.17, 15) is 14.9 Å². The van der Waals surface area contributed by atoms with Crippen molar-refractivity contribution in [1.82, 2.24) is 5.43 Å². The maximum absolute atomic E-state index is 12.4. The van der Waals surface area contributed by atoms with E-state index in [0.717, 1.165) is 4.70 Å². The Morgan fingerprint density at radius 3 is 2.87 bits per heavy atom. The number of hydrogen-bond donors (Lipinski definition) is 1. The highest BCUT2D eigenvalue weighted by Crippen LogP contribution is 2.36. The van der Waals surface area contributed by atoms with Gasteiger partial charge < -0.3 is 9.47 Å². The third-order valence-electron chi connectivity index (χ3n) is 3.95. The van der Waals surface area contributed by atoms with E-state index in [1.807, 2.05) is 6.92 Å². The van der Waals surface area contributed by atoms with Gasteiger partial charge in [-0.2, -0.15) is 5.10 Å². The van der Waals surface area contributed by atoms with E-state index in [-0.39, 0.29) is 12.3 Å². The van der Waals surface area contributed by atoms with Crippen LogP contribution in [0.25, 0.3) is 10.1 Å². The summed E-state index contributed by atoms with van der Waals surface area (Å²) in [4.78, 5) is 23.2. The number of terminal acetylenes is 1. The normalized spacial score (nSPS) is 10.7. The zero-order chi connectivity index (χ0) is 22.4. The molecule has 0 aliphatic rings. The van der Waals surface area contributed by atoms with Gasteiger partial charge >= 0.3 is 0 Å². The molecular formula is C21H16ClN3O5S. The summed E-state index contributed by atoms with van der Waals surface area (Å²) >= 11 is 7.47. The second-order valence-corrected chi connectivity index (χ2v) is 7.54. The molecule has 1 amide bonds. The molecule has 0 radical (unpaired) electrons. The van der Waals surface area contributed by atoms with Crippen molar-refractivity contribution in [3.8, 4) is 23.8 Å². The second kappa shape index (κ2) is 9.93. The van der Waals surface area contributed by atoms with Crippen LogP contribution < -0.4 is 14.9 Å². The van der Waals surface area contributed by atoms with Crippen molar-refractivity contribution in [1.29, 1.82) is 0 Å². The fraction of sp³-hybridized carbons (Fsp3) is 0.143. The monoisotopic (exact) mass is 457 g/mol. The van der Waals surface area contributed by atoms with Crippen molar-refractivity contribution in [2.24, 2.45) is 5.10 Å². The van der Waals surface area contributed by atoms with Crippen LogP contribution in [0.1, 0.15) is 22.2 Å². The van der Waals surface area contributed by atoms with Crippen LogP contribution in [0.4, 0.5) is 5.69 Å². The van der Waals surface area contributed by atoms with Crippen LogP contribution in [0.5, 0.6) is 11.5 Å². The van der Waals surface area contributed by atoms with E-state index in [1.165, 1.54) is 29.7 Å². The molecule has 10 heteroatoms. The minimum Gasteiger partial charge on any atom is -0.490 e. The molecule has 1 aromatic heterocycles. The van der Waals surface area contributed by atoms with Gasteiger partial charge in [-0.1, -0.05) is 17.5 Å². The van der Waals surface area contributed by atoms with Crippen molar-refractivity contribution in [3.05, 3.63) is 62.0 Å². The first-order valence-corrected chi connectivity index (χ1v) is 10.2. The Bertz CT molecular complexity index is 1220. The number of nitrogens with one attached hydrogen (secondary N) is 1. The molecule has 8 nitrogen and oxygen atoms in total. The van der Waals surface area contributed by atoms with E-state index in [4.69, 9.17) is 27.5 Å². The molecule has 0 aliphatic carbocycles. The van der Waals surface area contributed by atoms with Gasteiger partial charge in [0.15, 0.2) is 11.5 Å². The number of amides is 1. The molecule has 1 heterocycles. The van der Waals surface area contributed by atoms with Gasteiger partial charge in [-0.05, 0) is 36.8 Å². The molecule has 3 aromatic rings. The van der Waals surface area contributed by atoms with Crippen LogP contribution in [0.15, 0.2) is 41.5 Å². The standard InChI is InChI=1S/C21H16ClN3O5S/c1-3-7-30-20-16(22)8-13(9-17(20)29-4-2)12-23-24-21(26)19-11-14-10-15(25(27)28)5-6-18(14)31-19/h1,5-6,8-12H,4,7H2,2H3,(H,24,26). The number of halogens is 1. The number of nitro groups is 1. The highest BCUT2D eigenvalue weighted by molar-refractivity contribution is 7.20. The number of nitrogens with zero attached hydrogens (tertiary/aromatic N) is 2. The number of nitro benzene ring substituents is 1. The Morgan fingerprint density at radius 1 is 1.35 bits per heavy atom. The molecule has 1 N–H and O–H groups in total. The quantitative estimate of drug-likeness (QED) is 0.230. The summed E-state index contributed by atoms with van der Waals surface area (Å²) in [5.41, 5.74) is 2.97. The van der Waals surface area contributed by atoms with Gasteiger partial charge in [-0.3, -0.25) is 14.9 Å². The van der Waals surface area contributed by atoms with Crippen LogP contribution >= 0.6 is 22.9 Å². The summed E-state index contributed by atoms with van der Waals surface area (Å²) in [6, 6.07) is 9.28. The number of thiophene rings is 1. The van der Waals surface area contributed by atoms with E-state index in [2.05, 4.69) is 16.4 Å². The number of carbonyl (C=O) groups excluding carboxylic acids is 1. The Morgan fingerprint density at radius 2 is 2.16 bits per heavy atom. The zero-order valence-electron chi connectivity index (χ0n) is 16.3. The van der Waals surface area contributed by atoms with Crippen LogP contribution in [0.3, 0.4) is 0 Å². The van der Waals surface area contributed by atoms with E-state index < -0.39 is 10.8 Å². The number of non-ortho nitro benzene ring substituents is 1. The first-order valence-electron chi connectivity index (χ1n) is 8.97. The molecule has 31 heavy (non-hydrogen) atoms. The van der Waals surface area contributed by atoms with Gasteiger partial charge in [0.25, 0.3) is 11.6 Å². The van der Waals surface area contributed by atoms with Crippen LogP contribution in [0, 0.1) is 22.5 Å². The fourth-order valence-corrected chi connectivity index (χ4v) is 3.86. The van der Waals surface area contributed by atoms with Gasteiger partial charge in [0, 0.05) is 22.2 Å². The zero-order valence-corrected chi connectivity index (χ0v) is 17.8. The van der Waals surface area contributed by atoms with Gasteiger partial charge in [-0.15, -0.1) is 17.8 Å². The Labute approximate surface area is 186 Å². The minimum absolute atomic E-state index is 0.0352. The number of carbonyl (C=O) groups is 1. The lowest BCUT2D eigenvalue weighted by Gasteiger charge is -2.12. The summed E-state index contributed by atoms with van der Waals surface area (Å²) in [6.45, 7) is 2.26. The van der Waals surface area contributed by atoms with Crippen LogP contribution in [-0.2, 0) is 0 Å². The average molecular weight is 458 g/mol. The molecule has 0 bridgehead atoms. The molecule has 0 atom stereocenters.